The summed E-state index contributed by atoms with van der Waals surface area (Å²) in [6.07, 6.45) is 5.31. The summed E-state index contributed by atoms with van der Waals surface area (Å²) in [5.41, 5.74) is 31.7. The van der Waals surface area contributed by atoms with Crippen LogP contribution < -0.4 is 46.4 Å². The third-order valence-electron chi connectivity index (χ3n) is 24.4. The third kappa shape index (κ3) is 23.6. The van der Waals surface area contributed by atoms with E-state index in [1.54, 1.807) is 53.0 Å². The molecule has 0 amide bonds. The molecule has 10 aromatic rings. The number of anilines is 8. The molecule has 10 fully saturated rings. The highest BCUT2D eigenvalue weighted by atomic mass is 32.2. The lowest BCUT2D eigenvalue weighted by Crippen LogP contribution is -2.36. The summed E-state index contributed by atoms with van der Waals surface area (Å²) in [5.74, 6) is 0.991. The van der Waals surface area contributed by atoms with Crippen molar-refractivity contribution in [1.82, 2.24) is 24.9 Å². The number of hydrogen-bond acceptors (Lipinski definition) is 36. The zero-order valence-electron chi connectivity index (χ0n) is 74.7. The Bertz CT molecular complexity index is 5790. The molecule has 704 valence electrons. The minimum atomic E-state index is -3.47. The molecule has 20 rings (SSSR count). The van der Waals surface area contributed by atoms with Crippen LogP contribution in [0, 0.1) is 47.5 Å². The number of nitrogen functional groups attached to an aromatic ring is 3. The zero-order valence-corrected chi connectivity index (χ0v) is 81.2. The topological polar surface area (TPSA) is 380 Å². The van der Waals surface area contributed by atoms with Crippen molar-refractivity contribution >= 4 is 136 Å². The third-order valence-corrected chi connectivity index (χ3v) is 36.0. The van der Waals surface area contributed by atoms with Crippen molar-refractivity contribution < 1.29 is 82.2 Å². The Hall–Kier alpha value is -8.43. The van der Waals surface area contributed by atoms with Crippen LogP contribution in [0.2, 0.25) is 0 Å². The van der Waals surface area contributed by atoms with Crippen molar-refractivity contribution in [3.8, 4) is 58.0 Å². The average Bonchev–Trinajstić information content (AvgIpc) is 1.71. The number of carbonyl (C=O) groups is 1. The molecule has 5 aromatic heterocycles. The zero-order chi connectivity index (χ0) is 91.5. The number of benzene rings is 5. The summed E-state index contributed by atoms with van der Waals surface area (Å²) in [7, 11) is -10.3. The Balaban J connectivity index is 0.000000120. The van der Waals surface area contributed by atoms with E-state index >= 15 is 0 Å². The van der Waals surface area contributed by atoms with Gasteiger partial charge in [-0.2, -0.15) is 0 Å². The van der Waals surface area contributed by atoms with Crippen molar-refractivity contribution in [3.63, 3.8) is 0 Å². The Labute approximate surface area is 785 Å². The lowest BCUT2D eigenvalue weighted by molar-refractivity contribution is 0.0900. The molecule has 15 heterocycles. The number of ketones is 1. The number of thiazole rings is 5. The van der Waals surface area contributed by atoms with Crippen LogP contribution in [0.3, 0.4) is 0 Å². The smallest absolute Gasteiger partial charge is 0.183 e. The second-order valence-corrected chi connectivity index (χ2v) is 45.8. The first-order valence-corrected chi connectivity index (χ1v) is 53.2. The minimum absolute atomic E-state index is 0.0459. The number of rotatable bonds is 20. The quantitative estimate of drug-likeness (QED) is 0.0597. The van der Waals surface area contributed by atoms with Gasteiger partial charge in [-0.1, -0.05) is 34.0 Å². The Morgan fingerprint density at radius 1 is 0.344 bits per heavy atom. The Morgan fingerprint density at radius 3 is 1.02 bits per heavy atom. The first kappa shape index (κ1) is 95.7. The summed E-state index contributed by atoms with van der Waals surface area (Å²) in [6, 6.07) is 29.4. The predicted octanol–water partition coefficient (Wildman–Crippen LogP) is 12.9. The van der Waals surface area contributed by atoms with Crippen LogP contribution in [0.25, 0.3) is 52.2 Å². The van der Waals surface area contributed by atoms with E-state index in [2.05, 4.69) is 85.8 Å². The van der Waals surface area contributed by atoms with Gasteiger partial charge >= 0.3 is 0 Å². The van der Waals surface area contributed by atoms with Crippen molar-refractivity contribution in [2.24, 2.45) is 5.92 Å². The largest absolute Gasteiger partial charge is 0.488 e. The monoisotopic (exact) mass is 1950 g/mol. The summed E-state index contributed by atoms with van der Waals surface area (Å²) in [6.45, 7) is 31.4. The molecule has 31 nitrogen and oxygen atoms in total. The summed E-state index contributed by atoms with van der Waals surface area (Å²) >= 11 is 7.53. The molecule has 10 aliphatic rings. The molecular weight excluding hydrogens is 1830 g/mol. The van der Waals surface area contributed by atoms with E-state index in [1.807, 2.05) is 72.0 Å². The van der Waals surface area contributed by atoms with Crippen LogP contribution in [0.5, 0.6) is 5.75 Å². The maximum atomic E-state index is 13.2. The van der Waals surface area contributed by atoms with Crippen LogP contribution in [-0.2, 0) is 76.9 Å². The van der Waals surface area contributed by atoms with Crippen LogP contribution in [-0.4, -0.2) is 275 Å². The van der Waals surface area contributed by atoms with E-state index in [0.29, 0.717) is 142 Å². The molecule has 39 heteroatoms. The fourth-order valence-corrected chi connectivity index (χ4v) is 26.4. The second-order valence-electron chi connectivity index (χ2n) is 33.5. The predicted molar refractivity (Wildman–Crippen MR) is 517 cm³/mol. The first-order valence-electron chi connectivity index (χ1n) is 44.5. The number of morpholine rings is 5. The average molecular weight is 1950 g/mol. The molecule has 10 aliphatic heterocycles. The van der Waals surface area contributed by atoms with Gasteiger partial charge in [-0.15, -0.1) is 22.7 Å². The lowest BCUT2D eigenvalue weighted by atomic mass is 9.94. The summed E-state index contributed by atoms with van der Waals surface area (Å²) in [4.78, 5) is 52.1. The molecule has 5 atom stereocenters. The van der Waals surface area contributed by atoms with Gasteiger partial charge in [0.1, 0.15) is 11.9 Å². The van der Waals surface area contributed by atoms with Gasteiger partial charge in [0.2, 0.25) is 0 Å². The number of carbonyl (C=O) groups excluding carboxylic acids is 1. The Kier molecular flexibility index (Phi) is 31.8. The fraction of sp³-hybridized carbons (Fsp3) is 0.500. The highest BCUT2D eigenvalue weighted by molar-refractivity contribution is 7.92. The molecular formula is C92H115N13O18S8. The van der Waals surface area contributed by atoms with Gasteiger partial charge in [0.15, 0.2) is 50.7 Å². The van der Waals surface area contributed by atoms with Crippen LogP contribution in [0.15, 0.2) is 112 Å². The molecule has 0 bridgehead atoms. The maximum Gasteiger partial charge on any atom is 0.183 e. The van der Waals surface area contributed by atoms with E-state index in [9.17, 15) is 30.0 Å². The lowest BCUT2D eigenvalue weighted by Gasteiger charge is -2.29. The van der Waals surface area contributed by atoms with E-state index in [4.69, 9.17) is 69.3 Å². The summed E-state index contributed by atoms with van der Waals surface area (Å²) in [5, 5.41) is 2.15. The van der Waals surface area contributed by atoms with Crippen molar-refractivity contribution in [1.29, 1.82) is 0 Å². The molecule has 0 unspecified atom stereocenters. The van der Waals surface area contributed by atoms with Crippen LogP contribution in [0.4, 0.5) is 43.8 Å². The number of nitrogens with zero attached hydrogens (tertiary/aromatic N) is 10. The molecule has 10 saturated heterocycles. The van der Waals surface area contributed by atoms with Gasteiger partial charge in [0.05, 0.1) is 193 Å². The molecule has 131 heavy (non-hydrogen) atoms. The van der Waals surface area contributed by atoms with Crippen molar-refractivity contribution in [3.05, 3.63) is 136 Å². The van der Waals surface area contributed by atoms with Crippen LogP contribution in [0.1, 0.15) is 75.3 Å². The van der Waals surface area contributed by atoms with E-state index in [-0.39, 0.29) is 37.6 Å². The number of hydrogen-bond donors (Lipinski definition) is 3. The van der Waals surface area contributed by atoms with E-state index < -0.39 is 45.3 Å². The highest BCUT2D eigenvalue weighted by Crippen LogP contribution is 2.44. The van der Waals surface area contributed by atoms with Gasteiger partial charge in [-0.3, -0.25) is 4.79 Å². The number of aryl methyl sites for hydroxylation is 6. The molecule has 0 spiro atoms. The SMILES string of the molecule is Cc1nc(C)c(-c2cc(N3CCOCC3)cc(S(=O)(=O)[C@@H]3CCOC3)c2)s1.Cc1nc(N)sc1-c1cc(C(=O)[C@@H]2CCOC2)cc(N2CCOCC2)c1.Cc1nc(N)sc1-c1cc(N2CCOCC2)cc(S(=O)(=O)[C@H]2CCOC2)c1.Cc1nc(N)sc1-c1cc(O[C@@H]2CCOC2)cc(N2CCOCC2)c1.Cc1ncc(-c2cc(N3CCOCC3)cc(S(=O)(=O)[C@@H]3CCOC3)c2)s1. The van der Waals surface area contributed by atoms with Gasteiger partial charge in [-0.05, 0) is 180 Å². The van der Waals surface area contributed by atoms with E-state index in [1.165, 1.54) is 34.0 Å². The number of aromatic nitrogens is 5. The molecule has 6 N–H and O–H groups in total. The Morgan fingerprint density at radius 2 is 0.679 bits per heavy atom. The summed E-state index contributed by atoms with van der Waals surface area (Å²) < 4.78 is 139. The number of ether oxygens (including phenoxy) is 11. The fourth-order valence-electron chi connectivity index (χ4n) is 17.3. The van der Waals surface area contributed by atoms with E-state index in [0.717, 1.165) is 223 Å². The molecule has 0 radical (unpaired) electrons. The van der Waals surface area contributed by atoms with Gasteiger partial charge in [0, 0.05) is 150 Å². The van der Waals surface area contributed by atoms with Gasteiger partial charge < -0.3 is 93.8 Å². The van der Waals surface area contributed by atoms with Gasteiger partial charge in [-0.25, -0.2) is 50.2 Å². The van der Waals surface area contributed by atoms with Crippen molar-refractivity contribution in [2.45, 2.75) is 110 Å². The first-order chi connectivity index (χ1) is 63.2. The number of sulfone groups is 3. The highest BCUT2D eigenvalue weighted by Gasteiger charge is 2.37. The standard InChI is InChI=1S/C19H23N3O3S.C19H24N2O4S2.C18H23N3O4S2.C18H23N3O3S.C18H22N2O4S2/c1-12-18(26-19(20)21-12)15-8-14(17(23)13-2-5-25-11-13)9-16(10-15)22-3-6-24-7-4-22;1-13-19(26-14(2)20-13)15-9-16(21-4-7-24-8-5-21)11-18(10-15)27(22,23)17-3-6-25-12-17;1-12-17(26-18(19)20-12)13-8-14(21-3-6-24-7-4-21)10-16(9-13)27(22,23)15-2-5-25-11-15;1-12-17(25-18(19)20-12)13-8-14(21-3-6-22-7-4-21)10-16(9-13)24-15-2-5-23-11-15;1-13-19-11-18(25-13)14-8-15(20-3-6-23-7-4-20)10-17(9-14)26(21,22)16-2-5-24-12-16/h8-10,13H,2-7,11H2,1H3,(H2,20,21);9-11,17H,3-8,12H2,1-2H3;8-10,15H,2-7,11H2,1H3,(H2,19,20);8-10,15H,2-7,11H2,1H3,(H2,19,20);8-11,16H,2-7,12H2,1H3/t13-;17-;2*15-;16-/m11011/s1. The molecule has 0 aliphatic carbocycles. The number of nitrogens with two attached hydrogens (primary N) is 3. The van der Waals surface area contributed by atoms with Crippen LogP contribution >= 0.6 is 56.7 Å². The molecule has 5 aromatic carbocycles. The van der Waals surface area contributed by atoms with Crippen molar-refractivity contribution in [2.75, 3.05) is 239 Å². The molecule has 0 saturated carbocycles. The normalized spacial score (nSPS) is 20.9. The maximum absolute atomic E-state index is 13.2. The van der Waals surface area contributed by atoms with Gasteiger partial charge in [0.25, 0.3) is 0 Å². The minimum Gasteiger partial charge on any atom is -0.488 e. The second kappa shape index (κ2) is 43.5. The number of Topliss-reactive ketones (excluding diaryl/α,β-unsaturated/α-hetero) is 1.